The largest absolute Gasteiger partial charge is 0.413 e. The Morgan fingerprint density at radius 1 is 1.24 bits per heavy atom. The van der Waals surface area contributed by atoms with Crippen LogP contribution in [0.1, 0.15) is 37.4 Å². The van der Waals surface area contributed by atoms with E-state index in [0.717, 1.165) is 19.4 Å². The number of hydrogen-bond donors (Lipinski definition) is 0. The highest BCUT2D eigenvalue weighted by Gasteiger charge is 2.26. The van der Waals surface area contributed by atoms with Gasteiger partial charge in [-0.25, -0.2) is 0 Å². The van der Waals surface area contributed by atoms with Gasteiger partial charge in [0, 0.05) is 0 Å². The zero-order valence-electron chi connectivity index (χ0n) is 12.1. The fourth-order valence-corrected chi connectivity index (χ4v) is 3.66. The summed E-state index contributed by atoms with van der Waals surface area (Å²) in [4.78, 5) is 2.31. The first kappa shape index (κ1) is 15.3. The van der Waals surface area contributed by atoms with Crippen LogP contribution in [-0.2, 0) is 4.65 Å². The lowest BCUT2D eigenvalue weighted by Crippen LogP contribution is -2.32. The number of rotatable bonds is 5. The maximum atomic E-state index is 6.20. The van der Waals surface area contributed by atoms with E-state index in [1.54, 1.807) is 0 Å². The van der Waals surface area contributed by atoms with Crippen molar-refractivity contribution in [3.8, 4) is 0 Å². The van der Waals surface area contributed by atoms with Crippen molar-refractivity contribution in [3.63, 3.8) is 0 Å². The van der Waals surface area contributed by atoms with E-state index in [9.17, 15) is 0 Å². The molecule has 109 valence electrons. The van der Waals surface area contributed by atoms with Crippen molar-refractivity contribution in [1.82, 2.24) is 4.81 Å². The SMILES string of the molecule is IC1CCCN1[B]OC(C1=CCCC=C1)c1ccccc1. The third-order valence-electron chi connectivity index (χ3n) is 3.98. The lowest BCUT2D eigenvalue weighted by molar-refractivity contribution is 0.229. The Balaban J connectivity index is 1.73. The predicted molar refractivity (Wildman–Crippen MR) is 96.2 cm³/mol. The van der Waals surface area contributed by atoms with Gasteiger partial charge in [-0.05, 0) is 43.4 Å². The lowest BCUT2D eigenvalue weighted by atomic mass is 9.95. The molecule has 2 atom stereocenters. The van der Waals surface area contributed by atoms with Gasteiger partial charge in [0.05, 0.1) is 10.2 Å². The van der Waals surface area contributed by atoms with Crippen molar-refractivity contribution < 1.29 is 4.65 Å². The molecule has 0 N–H and O–H groups in total. The van der Waals surface area contributed by atoms with Crippen LogP contribution in [0, 0.1) is 0 Å². The quantitative estimate of drug-likeness (QED) is 0.319. The third kappa shape index (κ3) is 3.99. The molecule has 4 heteroatoms. The van der Waals surface area contributed by atoms with Crippen molar-refractivity contribution in [2.24, 2.45) is 0 Å². The van der Waals surface area contributed by atoms with Crippen LogP contribution in [0.25, 0.3) is 0 Å². The smallest absolute Gasteiger partial charge is 0.400 e. The highest BCUT2D eigenvalue weighted by Crippen LogP contribution is 2.30. The van der Waals surface area contributed by atoms with Gasteiger partial charge in [0.25, 0.3) is 0 Å². The van der Waals surface area contributed by atoms with Gasteiger partial charge in [0.2, 0.25) is 0 Å². The Kier molecular flexibility index (Phi) is 5.55. The molecule has 1 aliphatic heterocycles. The third-order valence-corrected chi connectivity index (χ3v) is 5.32. The van der Waals surface area contributed by atoms with Gasteiger partial charge in [-0.15, -0.1) is 0 Å². The summed E-state index contributed by atoms with van der Waals surface area (Å²) in [6.45, 7) is 1.10. The molecule has 1 aliphatic carbocycles. The van der Waals surface area contributed by atoms with Crippen molar-refractivity contribution in [2.75, 3.05) is 6.54 Å². The second-order valence-corrected chi connectivity index (χ2v) is 6.97. The van der Waals surface area contributed by atoms with Crippen molar-refractivity contribution in [3.05, 3.63) is 59.7 Å². The fraction of sp³-hybridized carbons (Fsp3) is 0.412. The minimum atomic E-state index is 0.00644. The molecule has 3 rings (SSSR count). The van der Waals surface area contributed by atoms with Gasteiger partial charge in [-0.2, -0.15) is 0 Å². The van der Waals surface area contributed by atoms with E-state index in [1.807, 2.05) is 7.62 Å². The molecular formula is C17H20BINO. The Morgan fingerprint density at radius 3 is 2.76 bits per heavy atom. The van der Waals surface area contributed by atoms with Crippen LogP contribution in [0.4, 0.5) is 0 Å². The van der Waals surface area contributed by atoms with Gasteiger partial charge >= 0.3 is 7.62 Å². The number of alkyl halides is 1. The molecule has 1 heterocycles. The zero-order valence-corrected chi connectivity index (χ0v) is 14.3. The van der Waals surface area contributed by atoms with E-state index in [0.29, 0.717) is 4.05 Å². The highest BCUT2D eigenvalue weighted by molar-refractivity contribution is 14.1. The topological polar surface area (TPSA) is 12.5 Å². The second-order valence-electron chi connectivity index (χ2n) is 5.53. The molecule has 1 saturated heterocycles. The Bertz CT molecular complexity index is 517. The summed E-state index contributed by atoms with van der Waals surface area (Å²) in [5.41, 5.74) is 2.49. The summed E-state index contributed by atoms with van der Waals surface area (Å²) in [7, 11) is 1.95. The van der Waals surface area contributed by atoms with Crippen molar-refractivity contribution >= 4 is 30.2 Å². The molecule has 1 radical (unpaired) electrons. The van der Waals surface area contributed by atoms with Crippen LogP contribution in [0.2, 0.25) is 0 Å². The first-order chi connectivity index (χ1) is 10.3. The number of benzene rings is 1. The molecule has 2 unspecified atom stereocenters. The van der Waals surface area contributed by atoms with Gasteiger partial charge in [-0.3, -0.25) is 0 Å². The molecular weight excluding hydrogens is 372 g/mol. The standard InChI is InChI=1S/C17H20BINO/c19-16-12-7-13-20(16)18-21-17(14-8-3-1-4-9-14)15-10-5-2-6-11-15/h1,3-5,8-11,16-17H,2,6-7,12-13H2. The summed E-state index contributed by atoms with van der Waals surface area (Å²) >= 11 is 2.50. The summed E-state index contributed by atoms with van der Waals surface area (Å²) in [6, 6.07) is 10.5. The first-order valence-electron chi connectivity index (χ1n) is 7.65. The molecule has 1 aromatic carbocycles. The van der Waals surface area contributed by atoms with E-state index in [-0.39, 0.29) is 6.10 Å². The molecule has 2 nitrogen and oxygen atoms in total. The van der Waals surface area contributed by atoms with Gasteiger partial charge < -0.3 is 9.47 Å². The molecule has 1 aromatic rings. The number of nitrogens with zero attached hydrogens (tertiary/aromatic N) is 1. The maximum absolute atomic E-state index is 6.20. The number of allylic oxidation sites excluding steroid dienone is 2. The van der Waals surface area contributed by atoms with Crippen LogP contribution < -0.4 is 0 Å². The summed E-state index contributed by atoms with van der Waals surface area (Å²) in [5, 5.41) is 0. The maximum Gasteiger partial charge on any atom is 0.400 e. The molecule has 21 heavy (non-hydrogen) atoms. The van der Waals surface area contributed by atoms with Crippen molar-refractivity contribution in [2.45, 2.75) is 35.8 Å². The van der Waals surface area contributed by atoms with Crippen LogP contribution in [0.5, 0.6) is 0 Å². The predicted octanol–water partition coefficient (Wildman–Crippen LogP) is 4.41. The van der Waals surface area contributed by atoms with Crippen LogP contribution in [-0.4, -0.2) is 23.0 Å². The summed E-state index contributed by atoms with van der Waals surface area (Å²) in [6.07, 6.45) is 11.5. The lowest BCUT2D eigenvalue weighted by Gasteiger charge is -2.25. The molecule has 0 aromatic heterocycles. The van der Waals surface area contributed by atoms with Crippen molar-refractivity contribution in [1.29, 1.82) is 0 Å². The molecule has 1 fully saturated rings. The highest BCUT2D eigenvalue weighted by atomic mass is 127. The Hall–Kier alpha value is -0.585. The Morgan fingerprint density at radius 2 is 2.10 bits per heavy atom. The van der Waals surface area contributed by atoms with Crippen LogP contribution >= 0.6 is 22.6 Å². The molecule has 0 bridgehead atoms. The van der Waals surface area contributed by atoms with E-state index in [2.05, 4.69) is 76.0 Å². The number of hydrogen-bond acceptors (Lipinski definition) is 2. The average molecular weight is 392 g/mol. The van der Waals surface area contributed by atoms with Crippen LogP contribution in [0.15, 0.2) is 54.1 Å². The molecule has 0 saturated carbocycles. The first-order valence-corrected chi connectivity index (χ1v) is 8.89. The molecule has 0 spiro atoms. The van der Waals surface area contributed by atoms with E-state index >= 15 is 0 Å². The number of halogens is 1. The van der Waals surface area contributed by atoms with Crippen LogP contribution in [0.3, 0.4) is 0 Å². The van der Waals surface area contributed by atoms with Gasteiger partial charge in [0.1, 0.15) is 0 Å². The van der Waals surface area contributed by atoms with Gasteiger partial charge in [-0.1, -0.05) is 71.2 Å². The normalized spacial score (nSPS) is 23.9. The van der Waals surface area contributed by atoms with E-state index in [1.165, 1.54) is 24.0 Å². The summed E-state index contributed by atoms with van der Waals surface area (Å²) in [5.74, 6) is 0. The average Bonchev–Trinajstić information content (AvgIpc) is 2.95. The minimum Gasteiger partial charge on any atom is -0.413 e. The summed E-state index contributed by atoms with van der Waals surface area (Å²) < 4.78 is 6.76. The Labute approximate surface area is 141 Å². The monoisotopic (exact) mass is 392 g/mol. The van der Waals surface area contributed by atoms with E-state index < -0.39 is 0 Å². The zero-order chi connectivity index (χ0) is 14.5. The van der Waals surface area contributed by atoms with Gasteiger partial charge in [0.15, 0.2) is 0 Å². The fourth-order valence-electron chi connectivity index (χ4n) is 2.81. The minimum absolute atomic E-state index is 0.00644. The molecule has 2 aliphatic rings. The van der Waals surface area contributed by atoms with E-state index in [4.69, 9.17) is 4.65 Å². The second kappa shape index (κ2) is 7.61. The molecule has 0 amide bonds.